The fourth-order valence-electron chi connectivity index (χ4n) is 1.97. The first-order chi connectivity index (χ1) is 9.03. The van der Waals surface area contributed by atoms with Gasteiger partial charge in [-0.1, -0.05) is 12.1 Å². The molecule has 0 spiro atoms. The molecule has 1 aliphatic rings. The monoisotopic (exact) mass is 301 g/mol. The van der Waals surface area contributed by atoms with E-state index in [4.69, 9.17) is 5.11 Å². The second-order valence-electron chi connectivity index (χ2n) is 4.17. The molecule has 0 bridgehead atoms. The number of aromatic carboxylic acids is 1. The fourth-order valence-corrected chi connectivity index (χ4v) is 4.64. The summed E-state index contributed by atoms with van der Waals surface area (Å²) in [5, 5.41) is 9.10. The van der Waals surface area contributed by atoms with Crippen LogP contribution in [0, 0.1) is 0 Å². The summed E-state index contributed by atoms with van der Waals surface area (Å²) < 4.78 is 26.4. The normalized spacial score (nSPS) is 17.9. The average Bonchev–Trinajstić information content (AvgIpc) is 2.68. The van der Waals surface area contributed by atoms with Gasteiger partial charge in [-0.15, -0.1) is 0 Å². The van der Waals surface area contributed by atoms with Gasteiger partial charge in [0.15, 0.2) is 0 Å². The van der Waals surface area contributed by atoms with Crippen molar-refractivity contribution in [1.29, 1.82) is 0 Å². The zero-order valence-electron chi connectivity index (χ0n) is 10.3. The molecule has 7 heteroatoms. The highest BCUT2D eigenvalue weighted by Crippen LogP contribution is 2.22. The van der Waals surface area contributed by atoms with E-state index in [9.17, 15) is 13.2 Å². The van der Waals surface area contributed by atoms with Gasteiger partial charge in [0.1, 0.15) is 0 Å². The van der Waals surface area contributed by atoms with Crippen molar-refractivity contribution in [2.45, 2.75) is 11.3 Å². The molecule has 1 aromatic carbocycles. The molecular formula is C12H15NO4S2. The van der Waals surface area contributed by atoms with Crippen LogP contribution < -0.4 is 0 Å². The molecule has 2 rings (SSSR count). The largest absolute Gasteiger partial charge is 0.478 e. The van der Waals surface area contributed by atoms with Crippen LogP contribution in [0.3, 0.4) is 0 Å². The van der Waals surface area contributed by atoms with Gasteiger partial charge in [-0.2, -0.15) is 16.1 Å². The van der Waals surface area contributed by atoms with Gasteiger partial charge in [-0.05, 0) is 24.3 Å². The maximum absolute atomic E-state index is 12.5. The number of sulfonamides is 1. The topological polar surface area (TPSA) is 74.7 Å². The van der Waals surface area contributed by atoms with E-state index in [2.05, 4.69) is 0 Å². The molecule has 1 heterocycles. The smallest absolute Gasteiger partial charge is 0.337 e. The molecule has 1 aromatic rings. The third-order valence-electron chi connectivity index (χ3n) is 2.92. The van der Waals surface area contributed by atoms with Crippen molar-refractivity contribution >= 4 is 27.8 Å². The van der Waals surface area contributed by atoms with Gasteiger partial charge in [-0.3, -0.25) is 0 Å². The first kappa shape index (κ1) is 14.4. The first-order valence-electron chi connectivity index (χ1n) is 5.93. The van der Waals surface area contributed by atoms with Crippen molar-refractivity contribution in [3.05, 3.63) is 29.8 Å². The molecule has 0 amide bonds. The average molecular weight is 301 g/mol. The number of carbonyl (C=O) groups is 1. The summed E-state index contributed by atoms with van der Waals surface area (Å²) in [4.78, 5) is 11.0. The quantitative estimate of drug-likeness (QED) is 0.916. The van der Waals surface area contributed by atoms with Crippen molar-refractivity contribution in [2.24, 2.45) is 0 Å². The van der Waals surface area contributed by atoms with Crippen molar-refractivity contribution in [3.8, 4) is 0 Å². The Morgan fingerprint density at radius 2 is 1.95 bits per heavy atom. The molecule has 1 saturated heterocycles. The molecule has 0 aromatic heterocycles. The van der Waals surface area contributed by atoms with Crippen LogP contribution in [-0.4, -0.2) is 48.4 Å². The standard InChI is InChI=1S/C12H15NO4S2/c14-12(15)10-4-1-2-5-11(10)19(16,17)13-6-3-8-18-9-7-13/h1-2,4-5H,3,6-9H2,(H,14,15). The lowest BCUT2D eigenvalue weighted by molar-refractivity contribution is 0.0692. The van der Waals surface area contributed by atoms with Crippen LogP contribution in [0.15, 0.2) is 29.2 Å². The lowest BCUT2D eigenvalue weighted by Crippen LogP contribution is -2.33. The Bertz CT molecular complexity index is 563. The number of thioether (sulfide) groups is 1. The summed E-state index contributed by atoms with van der Waals surface area (Å²) >= 11 is 1.72. The highest BCUT2D eigenvalue weighted by atomic mass is 32.2. The Kier molecular flexibility index (Phi) is 4.49. The number of hydrogen-bond acceptors (Lipinski definition) is 4. The number of benzene rings is 1. The van der Waals surface area contributed by atoms with Crippen molar-refractivity contribution in [2.75, 3.05) is 24.6 Å². The highest BCUT2D eigenvalue weighted by molar-refractivity contribution is 7.99. The number of rotatable bonds is 3. The predicted molar refractivity (Wildman–Crippen MR) is 74.1 cm³/mol. The van der Waals surface area contributed by atoms with Gasteiger partial charge in [0.25, 0.3) is 0 Å². The first-order valence-corrected chi connectivity index (χ1v) is 8.53. The Hall–Kier alpha value is -1.05. The van der Waals surface area contributed by atoms with E-state index < -0.39 is 16.0 Å². The Labute approximate surface area is 116 Å². The van der Waals surface area contributed by atoms with E-state index in [0.29, 0.717) is 13.1 Å². The molecule has 0 aliphatic carbocycles. The van der Waals surface area contributed by atoms with Gasteiger partial charge in [0, 0.05) is 18.8 Å². The molecule has 104 valence electrons. The third-order valence-corrected chi connectivity index (χ3v) is 5.92. The summed E-state index contributed by atoms with van der Waals surface area (Å²) in [5.74, 6) is 0.463. The molecule has 19 heavy (non-hydrogen) atoms. The summed E-state index contributed by atoms with van der Waals surface area (Å²) in [6.45, 7) is 0.879. The van der Waals surface area contributed by atoms with Crippen LogP contribution >= 0.6 is 11.8 Å². The molecule has 0 radical (unpaired) electrons. The van der Waals surface area contributed by atoms with Gasteiger partial charge in [-0.25, -0.2) is 13.2 Å². The lowest BCUT2D eigenvalue weighted by Gasteiger charge is -2.20. The Morgan fingerprint density at radius 1 is 1.21 bits per heavy atom. The minimum Gasteiger partial charge on any atom is -0.478 e. The maximum Gasteiger partial charge on any atom is 0.337 e. The SMILES string of the molecule is O=C(O)c1ccccc1S(=O)(=O)N1CCCSCC1. The predicted octanol–water partition coefficient (Wildman–Crippen LogP) is 1.51. The van der Waals surface area contributed by atoms with Crippen LogP contribution in [0.5, 0.6) is 0 Å². The van der Waals surface area contributed by atoms with Crippen LogP contribution in [0.25, 0.3) is 0 Å². The zero-order valence-corrected chi connectivity index (χ0v) is 11.9. The highest BCUT2D eigenvalue weighted by Gasteiger charge is 2.29. The van der Waals surface area contributed by atoms with E-state index >= 15 is 0 Å². The van der Waals surface area contributed by atoms with Crippen molar-refractivity contribution < 1.29 is 18.3 Å². The van der Waals surface area contributed by atoms with Crippen molar-refractivity contribution in [3.63, 3.8) is 0 Å². The summed E-state index contributed by atoms with van der Waals surface area (Å²) in [6, 6.07) is 5.76. The molecule has 1 aliphatic heterocycles. The second kappa shape index (κ2) is 5.94. The summed E-state index contributed by atoms with van der Waals surface area (Å²) in [6.07, 6.45) is 0.791. The number of hydrogen-bond donors (Lipinski definition) is 1. The molecule has 0 atom stereocenters. The van der Waals surface area contributed by atoms with Gasteiger partial charge < -0.3 is 5.11 Å². The molecular weight excluding hydrogens is 286 g/mol. The van der Waals surface area contributed by atoms with Crippen molar-refractivity contribution in [1.82, 2.24) is 4.31 Å². The van der Waals surface area contributed by atoms with E-state index in [-0.39, 0.29) is 10.5 Å². The number of carboxylic acid groups (broad SMARTS) is 1. The van der Waals surface area contributed by atoms with E-state index in [1.807, 2.05) is 0 Å². The summed E-state index contributed by atoms with van der Waals surface area (Å²) in [5.41, 5.74) is -0.167. The molecule has 0 saturated carbocycles. The zero-order chi connectivity index (χ0) is 13.9. The Morgan fingerprint density at radius 3 is 2.68 bits per heavy atom. The van der Waals surface area contributed by atoms with E-state index in [1.165, 1.54) is 22.5 Å². The van der Waals surface area contributed by atoms with Crippen LogP contribution in [-0.2, 0) is 10.0 Å². The van der Waals surface area contributed by atoms with Crippen LogP contribution in [0.1, 0.15) is 16.8 Å². The molecule has 0 unspecified atom stereocenters. The van der Waals surface area contributed by atoms with Gasteiger partial charge in [0.2, 0.25) is 10.0 Å². The minimum absolute atomic E-state index is 0.116. The molecule has 1 fully saturated rings. The number of carboxylic acids is 1. The van der Waals surface area contributed by atoms with Gasteiger partial charge in [0.05, 0.1) is 10.5 Å². The van der Waals surface area contributed by atoms with E-state index in [1.54, 1.807) is 17.8 Å². The summed E-state index contributed by atoms with van der Waals surface area (Å²) in [7, 11) is -3.72. The third kappa shape index (κ3) is 3.10. The van der Waals surface area contributed by atoms with Crippen LogP contribution in [0.4, 0.5) is 0 Å². The molecule has 1 N–H and O–H groups in total. The Balaban J connectivity index is 2.41. The maximum atomic E-state index is 12.5. The van der Waals surface area contributed by atoms with Gasteiger partial charge >= 0.3 is 5.97 Å². The number of nitrogens with zero attached hydrogens (tertiary/aromatic N) is 1. The minimum atomic E-state index is -3.72. The fraction of sp³-hybridized carbons (Fsp3) is 0.417. The van der Waals surface area contributed by atoms with Crippen LogP contribution in [0.2, 0.25) is 0 Å². The van der Waals surface area contributed by atoms with E-state index in [0.717, 1.165) is 17.9 Å². The lowest BCUT2D eigenvalue weighted by atomic mass is 10.2. The second-order valence-corrected chi connectivity index (χ2v) is 7.30. The molecule has 5 nitrogen and oxygen atoms in total.